The number of carbonyl (C=O) groups is 12. The van der Waals surface area contributed by atoms with Gasteiger partial charge in [0.1, 0.15) is 64.9 Å². The molecule has 119 heavy (non-hydrogen) atoms. The van der Waals surface area contributed by atoms with Crippen LogP contribution < -0.4 is 63.6 Å². The summed E-state index contributed by atoms with van der Waals surface area (Å²) in [6.07, 6.45) is 6.31. The molecular formula is C81H111FN20O17. The zero-order valence-electron chi connectivity index (χ0n) is 68.2. The number of unbranched alkanes of at least 4 members (excludes halogenated alkanes) is 6. The fourth-order valence-corrected chi connectivity index (χ4v) is 13.1. The summed E-state index contributed by atoms with van der Waals surface area (Å²) in [5.41, 5.74) is 17.4. The van der Waals surface area contributed by atoms with E-state index in [9.17, 15) is 78.0 Å². The SMILES string of the molecule is CCc1cc(OCCCCN=[N+]=[N-])ccc1-c1ccc(C[C@H](NC(=O)[C@@H](CC(=O)O)NC(=O)[C@H](CO)NC(=O)[C@@H](NC(=O)[C@](C)(Cc2ccccc2F)NC(=O)[C@@H](NC(=O)CNC(=O)[C@H](Cc2nn[nH]n2)NC(=O)C(C)(C)NC(=O)CCCCCCCCc2cnc[nH]2)[C@@H](C)O)[C@H](C)O)C(=O)N[C@H](CCCc2cc(C)cc(C)c2)C(N)=O)cc1. The van der Waals surface area contributed by atoms with Crippen LogP contribution in [0.3, 0.4) is 0 Å². The van der Waals surface area contributed by atoms with Crippen molar-refractivity contribution >= 4 is 70.9 Å². The van der Waals surface area contributed by atoms with Crippen molar-refractivity contribution in [1.82, 2.24) is 83.8 Å². The van der Waals surface area contributed by atoms with Gasteiger partial charge in [-0.25, -0.2) is 9.37 Å². The van der Waals surface area contributed by atoms with E-state index in [1.165, 1.54) is 32.0 Å². The Kier molecular flexibility index (Phi) is 38.4. The van der Waals surface area contributed by atoms with Crippen molar-refractivity contribution in [3.63, 3.8) is 0 Å². The molecule has 6 aromatic rings. The maximum Gasteiger partial charge on any atom is 0.305 e. The van der Waals surface area contributed by atoms with E-state index < -0.39 is 168 Å². The summed E-state index contributed by atoms with van der Waals surface area (Å²) in [7, 11) is 0. The highest BCUT2D eigenvalue weighted by Gasteiger charge is 2.43. The molecule has 37 nitrogen and oxygen atoms in total. The maximum absolute atomic E-state index is 15.6. The molecule has 6 rings (SSSR count). The highest BCUT2D eigenvalue weighted by atomic mass is 19.1. The zero-order chi connectivity index (χ0) is 87.4. The molecule has 0 fully saturated rings. The fourth-order valence-electron chi connectivity index (χ4n) is 13.1. The Morgan fingerprint density at radius 2 is 1.29 bits per heavy atom. The molecule has 11 amide bonds. The van der Waals surface area contributed by atoms with Crippen LogP contribution in [0.4, 0.5) is 4.39 Å². The van der Waals surface area contributed by atoms with Crippen molar-refractivity contribution < 1.29 is 87.1 Å². The number of azide groups is 1. The van der Waals surface area contributed by atoms with E-state index >= 15 is 4.39 Å². The number of aryl methyl sites for hydroxylation is 5. The lowest BCUT2D eigenvalue weighted by atomic mass is 9.90. The number of hydrogen-bond acceptors (Lipinski definition) is 21. The van der Waals surface area contributed by atoms with E-state index in [0.29, 0.717) is 63.0 Å². The number of aliphatic carboxylic acids is 1. The van der Waals surface area contributed by atoms with Crippen molar-refractivity contribution in [3.05, 3.63) is 159 Å². The lowest BCUT2D eigenvalue weighted by molar-refractivity contribution is -0.142. The third kappa shape index (κ3) is 31.9. The lowest BCUT2D eigenvalue weighted by Gasteiger charge is -2.34. The van der Waals surface area contributed by atoms with Crippen LogP contribution in [0.2, 0.25) is 0 Å². The molecule has 0 unspecified atom stereocenters. The van der Waals surface area contributed by atoms with Crippen molar-refractivity contribution in [2.75, 3.05) is 26.3 Å². The largest absolute Gasteiger partial charge is 0.494 e. The molecule has 0 aliphatic carbocycles. The molecule has 0 bridgehead atoms. The number of aliphatic hydroxyl groups excluding tert-OH is 3. The first-order chi connectivity index (χ1) is 56.6. The quantitative estimate of drug-likeness (QED) is 0.0113. The minimum atomic E-state index is -2.40. The molecule has 18 N–H and O–H groups in total. The molecule has 2 heterocycles. The topological polar surface area (TPSA) is 573 Å². The molecule has 10 atom stereocenters. The van der Waals surface area contributed by atoms with Gasteiger partial charge in [-0.05, 0) is 163 Å². The second-order valence-electron chi connectivity index (χ2n) is 30.1. The average molecular weight is 1660 g/mol. The van der Waals surface area contributed by atoms with Crippen LogP contribution in [0.15, 0.2) is 103 Å². The number of carbonyl (C=O) groups excluding carboxylic acids is 11. The van der Waals surface area contributed by atoms with E-state index in [0.717, 1.165) is 104 Å². The first-order valence-corrected chi connectivity index (χ1v) is 39.5. The van der Waals surface area contributed by atoms with Crippen LogP contribution in [-0.4, -0.2) is 214 Å². The number of imidazole rings is 1. The summed E-state index contributed by atoms with van der Waals surface area (Å²) in [5, 5.41) is 83.8. The van der Waals surface area contributed by atoms with E-state index in [1.807, 2.05) is 57.2 Å². The number of halogens is 1. The zero-order valence-corrected chi connectivity index (χ0v) is 68.2. The van der Waals surface area contributed by atoms with Crippen molar-refractivity contribution in [2.45, 2.75) is 237 Å². The van der Waals surface area contributed by atoms with Gasteiger partial charge in [0.15, 0.2) is 5.82 Å². The van der Waals surface area contributed by atoms with E-state index in [4.69, 9.17) is 16.0 Å². The molecular weight excluding hydrogens is 1540 g/mol. The second kappa shape index (κ2) is 47.8. The smallest absolute Gasteiger partial charge is 0.305 e. The van der Waals surface area contributed by atoms with Crippen LogP contribution in [0.25, 0.3) is 21.6 Å². The van der Waals surface area contributed by atoms with Gasteiger partial charge in [-0.15, -0.1) is 10.2 Å². The summed E-state index contributed by atoms with van der Waals surface area (Å²) < 4.78 is 21.5. The normalized spacial score (nSPS) is 14.0. The number of nitrogens with one attached hydrogen (secondary N) is 12. The van der Waals surface area contributed by atoms with Crippen LogP contribution in [-0.2, 0) is 96.1 Å². The standard InChI is InChI=1S/C81H111FN20O17/c1-9-53-39-57(119-34-19-18-33-88-100-84)31-32-58(53)54-29-27-51(28-30-54)38-61(73(112)89-60(71(83)110)25-20-21-52-36-47(2)35-48(3)37-52)90-74(113)63(41-68(108)109)91-75(114)64(45-103)92-76(115)69(49(4)104)95-79(118)81(8,42-55-22-16-17-24-59(55)82)97-77(116)70(50(5)105)94-67(107)44-86-72(111)62(40-65-98-101-102-99-65)93-78(117)80(6,7)96-66(106)26-15-13-11-10-12-14-23-56-43-85-46-87-56/h16-17,22,24,27-32,35-37,39,43,46,49-50,60-64,69-70,103-105H,9-15,18-21,23,25-26,33-34,38,40-42,44-45H2,1-8H3,(H2,83,110)(H,85,87)(H,86,111)(H,89,112)(H,90,113)(H,91,114)(H,92,115)(H,93,117)(H,94,107)(H,95,118)(H,96,106)(H,97,116)(H,108,109)(H,98,99,101,102)/t49-,50+,60+,61-,62-,63+,64-,69-,70-,81-/m0/s1. The number of carboxylic acids is 1. The Morgan fingerprint density at radius 3 is 1.92 bits per heavy atom. The number of nitrogens with zero attached hydrogens (tertiary/aromatic N) is 7. The third-order valence-corrected chi connectivity index (χ3v) is 19.5. The fraction of sp³-hybridized carbons (Fsp3) is 0.506. The van der Waals surface area contributed by atoms with Crippen LogP contribution >= 0.6 is 0 Å². The molecule has 0 spiro atoms. The molecule has 0 aliphatic heterocycles. The number of H-pyrrole nitrogens is 2. The van der Waals surface area contributed by atoms with Crippen LogP contribution in [0.1, 0.15) is 163 Å². The van der Waals surface area contributed by atoms with E-state index in [1.54, 1.807) is 36.8 Å². The van der Waals surface area contributed by atoms with Crippen LogP contribution in [0.5, 0.6) is 5.75 Å². The monoisotopic (exact) mass is 1650 g/mol. The summed E-state index contributed by atoms with van der Waals surface area (Å²) >= 11 is 0. The molecule has 0 radical (unpaired) electrons. The number of hydrogen-bond donors (Lipinski definition) is 17. The Labute approximate surface area is 688 Å². The predicted molar refractivity (Wildman–Crippen MR) is 432 cm³/mol. The van der Waals surface area contributed by atoms with Gasteiger partial charge in [0, 0.05) is 49.0 Å². The van der Waals surface area contributed by atoms with Crippen molar-refractivity contribution in [2.24, 2.45) is 10.8 Å². The number of ether oxygens (including phenoxy) is 1. The Hall–Kier alpha value is -12.3. The highest BCUT2D eigenvalue weighted by molar-refractivity contribution is 6.00. The number of tetrazole rings is 1. The molecule has 0 saturated carbocycles. The number of primary amides is 1. The highest BCUT2D eigenvalue weighted by Crippen LogP contribution is 2.30. The molecule has 0 saturated heterocycles. The number of rotatable bonds is 52. The second-order valence-corrected chi connectivity index (χ2v) is 30.1. The van der Waals surface area contributed by atoms with Gasteiger partial charge in [0.2, 0.25) is 65.0 Å². The first-order valence-electron chi connectivity index (χ1n) is 39.5. The number of amides is 11. The summed E-state index contributed by atoms with van der Waals surface area (Å²) in [6, 6.07) is 10.9. The number of benzene rings is 4. The van der Waals surface area contributed by atoms with Gasteiger partial charge < -0.3 is 89.0 Å². The van der Waals surface area contributed by atoms with Gasteiger partial charge in [-0.3, -0.25) is 57.5 Å². The Balaban J connectivity index is 1.14. The van der Waals surface area contributed by atoms with E-state index in [-0.39, 0.29) is 37.1 Å². The average Bonchev–Trinajstić information content (AvgIpc) is 1.09. The van der Waals surface area contributed by atoms with Gasteiger partial charge >= 0.3 is 5.97 Å². The molecule has 2 aromatic heterocycles. The summed E-state index contributed by atoms with van der Waals surface area (Å²) in [4.78, 5) is 176. The number of aliphatic hydroxyl groups is 3. The van der Waals surface area contributed by atoms with Crippen molar-refractivity contribution in [3.8, 4) is 16.9 Å². The Bertz CT molecular complexity index is 4430. The molecule has 644 valence electrons. The van der Waals surface area contributed by atoms with Gasteiger partial charge in [-0.2, -0.15) is 5.21 Å². The predicted octanol–water partition coefficient (Wildman–Crippen LogP) is 2.40. The molecule has 0 aliphatic rings. The van der Waals surface area contributed by atoms with E-state index in [2.05, 4.69) is 93.8 Å². The lowest BCUT2D eigenvalue weighted by Crippen LogP contribution is -2.67. The van der Waals surface area contributed by atoms with Gasteiger partial charge in [0.25, 0.3) is 0 Å². The molecule has 4 aromatic carbocycles. The number of aromatic nitrogens is 6. The van der Waals surface area contributed by atoms with Gasteiger partial charge in [-0.1, -0.05) is 121 Å². The Morgan fingerprint density at radius 1 is 0.647 bits per heavy atom. The van der Waals surface area contributed by atoms with Crippen LogP contribution in [0, 0.1) is 19.7 Å². The summed E-state index contributed by atoms with van der Waals surface area (Å²) in [5.74, 6) is -13.8. The minimum absolute atomic E-state index is 0.0388. The van der Waals surface area contributed by atoms with Crippen molar-refractivity contribution in [1.29, 1.82) is 0 Å². The third-order valence-electron chi connectivity index (χ3n) is 19.5. The molecule has 38 heteroatoms. The number of carboxylic acid groups (broad SMARTS) is 1. The summed E-state index contributed by atoms with van der Waals surface area (Å²) in [6.45, 7) is 10.4. The number of aromatic amines is 2. The number of nitrogens with two attached hydrogens (primary N) is 1. The maximum atomic E-state index is 15.6. The minimum Gasteiger partial charge on any atom is -0.494 e. The first kappa shape index (κ1) is 95.6. The van der Waals surface area contributed by atoms with Gasteiger partial charge in [0.05, 0.1) is 44.7 Å².